The van der Waals surface area contributed by atoms with Crippen LogP contribution in [0.5, 0.6) is 0 Å². The lowest BCUT2D eigenvalue weighted by Crippen LogP contribution is -2.47. The highest BCUT2D eigenvalue weighted by atomic mass is 19.4. The molecule has 0 bridgehead atoms. The zero-order valence-corrected chi connectivity index (χ0v) is 7.28. The normalized spacial score (nSPS) is 14.3. The predicted molar refractivity (Wildman–Crippen MR) is 38.2 cm³/mol. The number of alkyl halides is 6. The van der Waals surface area contributed by atoms with Crippen LogP contribution >= 0.6 is 0 Å². The first-order chi connectivity index (χ1) is 6.19. The van der Waals surface area contributed by atoms with Crippen molar-refractivity contribution in [2.24, 2.45) is 0 Å². The molecule has 0 fully saturated rings. The van der Waals surface area contributed by atoms with Crippen molar-refractivity contribution >= 4 is 0 Å². The maximum Gasteiger partial charge on any atom is 0.467 e. The summed E-state index contributed by atoms with van der Waals surface area (Å²) in [7, 11) is 0. The summed E-state index contributed by atoms with van der Waals surface area (Å²) in [5, 5.41) is 0. The van der Waals surface area contributed by atoms with Crippen LogP contribution in [0.4, 0.5) is 26.3 Å². The van der Waals surface area contributed by atoms with Crippen molar-refractivity contribution < 1.29 is 26.3 Å². The van der Waals surface area contributed by atoms with E-state index in [1.54, 1.807) is 6.92 Å². The summed E-state index contributed by atoms with van der Waals surface area (Å²) < 4.78 is 70.9. The van der Waals surface area contributed by atoms with E-state index in [1.807, 2.05) is 0 Å². The third-order valence-corrected chi connectivity index (χ3v) is 1.30. The average Bonchev–Trinajstić information content (AvgIpc) is 1.92. The first-order valence-corrected chi connectivity index (χ1v) is 3.75. The standard InChI is InChI=1S/C7H9F6N/c1-2-3-4-5-14(6(8,9)10)7(11,12)13/h3-4H,2,5H2,1H3/b4-3+. The minimum Gasteiger partial charge on any atom is -0.155 e. The Morgan fingerprint density at radius 2 is 1.36 bits per heavy atom. The lowest BCUT2D eigenvalue weighted by Gasteiger charge is -2.25. The smallest absolute Gasteiger partial charge is 0.155 e. The molecule has 0 aromatic rings. The minimum absolute atomic E-state index is 0.392. The number of hydrogen-bond donors (Lipinski definition) is 0. The van der Waals surface area contributed by atoms with E-state index in [2.05, 4.69) is 0 Å². The third kappa shape index (κ3) is 4.50. The Bertz CT molecular complexity index is 177. The van der Waals surface area contributed by atoms with Gasteiger partial charge >= 0.3 is 12.6 Å². The van der Waals surface area contributed by atoms with Gasteiger partial charge in [-0.15, -0.1) is 4.90 Å². The quantitative estimate of drug-likeness (QED) is 0.401. The van der Waals surface area contributed by atoms with Gasteiger partial charge in [0.05, 0.1) is 0 Å². The third-order valence-electron chi connectivity index (χ3n) is 1.30. The van der Waals surface area contributed by atoms with Crippen LogP contribution in [0.3, 0.4) is 0 Å². The lowest BCUT2D eigenvalue weighted by molar-refractivity contribution is -0.369. The van der Waals surface area contributed by atoms with Gasteiger partial charge in [0, 0.05) is 6.54 Å². The fraction of sp³-hybridized carbons (Fsp3) is 0.714. The van der Waals surface area contributed by atoms with E-state index in [0.717, 1.165) is 6.08 Å². The fourth-order valence-corrected chi connectivity index (χ4v) is 0.697. The van der Waals surface area contributed by atoms with Gasteiger partial charge < -0.3 is 0 Å². The van der Waals surface area contributed by atoms with E-state index < -0.39 is 24.0 Å². The van der Waals surface area contributed by atoms with Crippen molar-refractivity contribution in [3.63, 3.8) is 0 Å². The molecule has 14 heavy (non-hydrogen) atoms. The van der Waals surface area contributed by atoms with Gasteiger partial charge in [-0.1, -0.05) is 19.1 Å². The molecule has 1 nitrogen and oxygen atoms in total. The van der Waals surface area contributed by atoms with Crippen molar-refractivity contribution in [2.45, 2.75) is 25.9 Å². The Labute approximate surface area is 77.0 Å². The highest BCUT2D eigenvalue weighted by Crippen LogP contribution is 2.32. The Morgan fingerprint density at radius 1 is 0.929 bits per heavy atom. The average molecular weight is 221 g/mol. The van der Waals surface area contributed by atoms with Crippen LogP contribution in [0.25, 0.3) is 0 Å². The number of allylic oxidation sites excluding steroid dienone is 1. The first kappa shape index (κ1) is 13.3. The molecule has 7 heteroatoms. The molecule has 0 heterocycles. The van der Waals surface area contributed by atoms with Crippen LogP contribution in [0.2, 0.25) is 0 Å². The van der Waals surface area contributed by atoms with Crippen molar-refractivity contribution in [2.75, 3.05) is 6.54 Å². The molecule has 0 unspecified atom stereocenters. The van der Waals surface area contributed by atoms with E-state index in [-0.39, 0.29) is 0 Å². The number of halogens is 6. The highest BCUT2D eigenvalue weighted by molar-refractivity contribution is 4.85. The molecule has 84 valence electrons. The van der Waals surface area contributed by atoms with Gasteiger partial charge in [0.15, 0.2) is 0 Å². The van der Waals surface area contributed by atoms with Crippen LogP contribution in [-0.4, -0.2) is 24.0 Å². The molecule has 0 atom stereocenters. The minimum atomic E-state index is -5.39. The van der Waals surface area contributed by atoms with E-state index in [4.69, 9.17) is 0 Å². The molecule has 0 aliphatic carbocycles. The number of hydrogen-bond acceptors (Lipinski definition) is 1. The molecule has 0 aliphatic heterocycles. The summed E-state index contributed by atoms with van der Waals surface area (Å²) in [6.45, 7) is 0.406. The largest absolute Gasteiger partial charge is 0.467 e. The van der Waals surface area contributed by atoms with Crippen molar-refractivity contribution in [3.8, 4) is 0 Å². The number of rotatable bonds is 3. The van der Waals surface area contributed by atoms with Crippen molar-refractivity contribution in [3.05, 3.63) is 12.2 Å². The fourth-order valence-electron chi connectivity index (χ4n) is 0.697. The van der Waals surface area contributed by atoms with Gasteiger partial charge in [-0.05, 0) is 6.42 Å². The van der Waals surface area contributed by atoms with E-state index in [9.17, 15) is 26.3 Å². The van der Waals surface area contributed by atoms with Gasteiger partial charge in [0.2, 0.25) is 0 Å². The molecule has 0 spiro atoms. The summed E-state index contributed by atoms with van der Waals surface area (Å²) in [5.74, 6) is 0. The molecule has 0 saturated heterocycles. The van der Waals surface area contributed by atoms with Crippen LogP contribution in [0.15, 0.2) is 12.2 Å². The molecule has 0 radical (unpaired) electrons. The summed E-state index contributed by atoms with van der Waals surface area (Å²) in [6, 6.07) is 0. The molecule has 0 aromatic carbocycles. The van der Waals surface area contributed by atoms with Crippen LogP contribution in [0, 0.1) is 0 Å². The molecule has 0 aliphatic rings. The summed E-state index contributed by atoms with van der Waals surface area (Å²) >= 11 is 0. The maximum atomic E-state index is 11.8. The van der Waals surface area contributed by atoms with Crippen LogP contribution in [0.1, 0.15) is 13.3 Å². The Balaban J connectivity index is 4.51. The number of nitrogens with zero attached hydrogens (tertiary/aromatic N) is 1. The SMILES string of the molecule is CC/C=C/CN(C(F)(F)F)C(F)(F)F. The second-order valence-electron chi connectivity index (χ2n) is 2.43. The van der Waals surface area contributed by atoms with E-state index in [1.165, 1.54) is 6.08 Å². The van der Waals surface area contributed by atoms with Crippen LogP contribution in [-0.2, 0) is 0 Å². The molecule has 0 N–H and O–H groups in total. The molecule has 0 aromatic heterocycles. The van der Waals surface area contributed by atoms with E-state index >= 15 is 0 Å². The summed E-state index contributed by atoms with van der Waals surface area (Å²) in [6.07, 6.45) is -8.32. The maximum absolute atomic E-state index is 11.8. The zero-order chi connectivity index (χ0) is 11.4. The first-order valence-electron chi connectivity index (χ1n) is 3.75. The van der Waals surface area contributed by atoms with Gasteiger partial charge in [-0.3, -0.25) is 0 Å². The van der Waals surface area contributed by atoms with Gasteiger partial charge in [-0.2, -0.15) is 26.3 Å². The van der Waals surface area contributed by atoms with Crippen LogP contribution < -0.4 is 0 Å². The zero-order valence-electron chi connectivity index (χ0n) is 7.28. The molecule has 0 amide bonds. The molecular weight excluding hydrogens is 212 g/mol. The topological polar surface area (TPSA) is 3.24 Å². The predicted octanol–water partition coefficient (Wildman–Crippen LogP) is 3.29. The van der Waals surface area contributed by atoms with Crippen molar-refractivity contribution in [1.29, 1.82) is 0 Å². The van der Waals surface area contributed by atoms with Gasteiger partial charge in [0.1, 0.15) is 0 Å². The molecular formula is C7H9F6N. The Morgan fingerprint density at radius 3 is 1.64 bits per heavy atom. The molecule has 0 saturated carbocycles. The van der Waals surface area contributed by atoms with Crippen molar-refractivity contribution in [1.82, 2.24) is 4.90 Å². The lowest BCUT2D eigenvalue weighted by atomic mass is 10.4. The van der Waals surface area contributed by atoms with E-state index in [0.29, 0.717) is 6.42 Å². The second kappa shape index (κ2) is 4.68. The summed E-state index contributed by atoms with van der Waals surface area (Å²) in [4.78, 5) is -1.48. The Hall–Kier alpha value is -0.720. The summed E-state index contributed by atoms with van der Waals surface area (Å²) in [5.41, 5.74) is 0. The molecule has 0 rings (SSSR count). The second-order valence-corrected chi connectivity index (χ2v) is 2.43. The van der Waals surface area contributed by atoms with Gasteiger partial charge in [-0.25, -0.2) is 0 Å². The highest BCUT2D eigenvalue weighted by Gasteiger charge is 2.52. The Kier molecular flexibility index (Phi) is 4.44. The monoisotopic (exact) mass is 221 g/mol. The van der Waals surface area contributed by atoms with Gasteiger partial charge in [0.25, 0.3) is 0 Å².